The summed E-state index contributed by atoms with van der Waals surface area (Å²) in [6, 6.07) is 0. The third kappa shape index (κ3) is 2.21. The van der Waals surface area contributed by atoms with Crippen LogP contribution in [0.15, 0.2) is 10.8 Å². The molecule has 2 rings (SSSR count). The van der Waals surface area contributed by atoms with Gasteiger partial charge in [0, 0.05) is 12.8 Å². The number of rotatable bonds is 4. The number of hydrogen-bond acceptors (Lipinski definition) is 6. The average Bonchev–Trinajstić information content (AvgIpc) is 2.82. The molecule has 0 aliphatic heterocycles. The van der Waals surface area contributed by atoms with Crippen LogP contribution >= 0.6 is 15.9 Å². The molecular formula is C10H14BrN7. The van der Waals surface area contributed by atoms with Gasteiger partial charge in [0.05, 0.1) is 0 Å². The normalized spacial score (nSPS) is 10.7. The lowest BCUT2D eigenvalue weighted by molar-refractivity contribution is 0.761. The molecule has 0 aliphatic rings. The summed E-state index contributed by atoms with van der Waals surface area (Å²) in [7, 11) is 0. The molecule has 96 valence electrons. The van der Waals surface area contributed by atoms with E-state index < -0.39 is 0 Å². The van der Waals surface area contributed by atoms with Gasteiger partial charge in [-0.25, -0.2) is 20.8 Å². The van der Waals surface area contributed by atoms with Gasteiger partial charge in [-0.15, -0.1) is 5.10 Å². The van der Waals surface area contributed by atoms with Crippen molar-refractivity contribution >= 4 is 21.7 Å². The fourth-order valence-corrected chi connectivity index (χ4v) is 2.04. The van der Waals surface area contributed by atoms with Crippen LogP contribution in [0.1, 0.15) is 25.5 Å². The van der Waals surface area contributed by atoms with Crippen LogP contribution in [0.25, 0.3) is 5.82 Å². The fraction of sp³-hybridized carbons (Fsp3) is 0.400. The van der Waals surface area contributed by atoms with Crippen molar-refractivity contribution in [1.29, 1.82) is 0 Å². The number of nitrogens with one attached hydrogen (secondary N) is 1. The minimum absolute atomic E-state index is 0.510. The Kier molecular flexibility index (Phi) is 3.87. The van der Waals surface area contributed by atoms with Gasteiger partial charge in [0.25, 0.3) is 0 Å². The van der Waals surface area contributed by atoms with E-state index in [1.165, 1.54) is 6.33 Å². The quantitative estimate of drug-likeness (QED) is 0.651. The molecule has 18 heavy (non-hydrogen) atoms. The predicted octanol–water partition coefficient (Wildman–Crippen LogP) is 1.23. The SMILES string of the molecule is CCc1nc(CC)n(-c2ncnc(NN)c2Br)n1. The second kappa shape index (κ2) is 5.40. The molecule has 0 fully saturated rings. The van der Waals surface area contributed by atoms with E-state index in [0.717, 1.165) is 24.5 Å². The van der Waals surface area contributed by atoms with E-state index in [1.54, 1.807) is 4.68 Å². The molecule has 0 amide bonds. The standard InChI is InChI=1S/C10H14BrN7/c1-3-6-15-7(4-2)18(17-6)10-8(11)9(16-12)13-5-14-10/h5H,3-4,12H2,1-2H3,(H,13,14,16). The first-order valence-corrected chi connectivity index (χ1v) is 6.42. The molecule has 0 bridgehead atoms. The van der Waals surface area contributed by atoms with Crippen LogP contribution in [-0.4, -0.2) is 24.7 Å². The summed E-state index contributed by atoms with van der Waals surface area (Å²) in [5.74, 6) is 8.17. The summed E-state index contributed by atoms with van der Waals surface area (Å²) >= 11 is 3.42. The number of nitrogen functional groups attached to an aromatic ring is 1. The fourth-order valence-electron chi connectivity index (χ4n) is 1.55. The number of aromatic nitrogens is 5. The molecule has 0 radical (unpaired) electrons. The van der Waals surface area contributed by atoms with Crippen LogP contribution in [0.3, 0.4) is 0 Å². The number of hydrazine groups is 1. The Balaban J connectivity index is 2.57. The van der Waals surface area contributed by atoms with Gasteiger partial charge in [0.1, 0.15) is 16.6 Å². The molecular weight excluding hydrogens is 298 g/mol. The van der Waals surface area contributed by atoms with Gasteiger partial charge in [-0.3, -0.25) is 0 Å². The van der Waals surface area contributed by atoms with Gasteiger partial charge in [-0.05, 0) is 15.9 Å². The van der Waals surface area contributed by atoms with Gasteiger partial charge in [0.2, 0.25) is 0 Å². The second-order valence-electron chi connectivity index (χ2n) is 3.57. The van der Waals surface area contributed by atoms with Crippen molar-refractivity contribution in [3.05, 3.63) is 22.4 Å². The molecule has 2 aromatic heterocycles. The van der Waals surface area contributed by atoms with Crippen molar-refractivity contribution in [3.63, 3.8) is 0 Å². The molecule has 8 heteroatoms. The zero-order valence-electron chi connectivity index (χ0n) is 10.2. The number of nitrogens with zero attached hydrogens (tertiary/aromatic N) is 5. The van der Waals surface area contributed by atoms with Gasteiger partial charge < -0.3 is 5.43 Å². The van der Waals surface area contributed by atoms with Crippen molar-refractivity contribution < 1.29 is 0 Å². The lowest BCUT2D eigenvalue weighted by Crippen LogP contribution is -2.13. The summed E-state index contributed by atoms with van der Waals surface area (Å²) in [5.41, 5.74) is 2.50. The lowest BCUT2D eigenvalue weighted by atomic mass is 10.4. The topological polar surface area (TPSA) is 94.5 Å². The molecule has 0 spiro atoms. The summed E-state index contributed by atoms with van der Waals surface area (Å²) < 4.78 is 2.38. The summed E-state index contributed by atoms with van der Waals surface area (Å²) in [6.07, 6.45) is 2.99. The van der Waals surface area contributed by atoms with Crippen molar-refractivity contribution in [3.8, 4) is 5.82 Å². The smallest absolute Gasteiger partial charge is 0.175 e. The molecule has 2 aromatic rings. The Morgan fingerprint density at radius 3 is 2.72 bits per heavy atom. The van der Waals surface area contributed by atoms with E-state index in [9.17, 15) is 0 Å². The number of hydrogen-bond donors (Lipinski definition) is 2. The van der Waals surface area contributed by atoms with Gasteiger partial charge in [-0.2, -0.15) is 4.68 Å². The van der Waals surface area contributed by atoms with Crippen LogP contribution in [0.2, 0.25) is 0 Å². The minimum Gasteiger partial charge on any atom is -0.307 e. The van der Waals surface area contributed by atoms with Crippen LogP contribution < -0.4 is 11.3 Å². The van der Waals surface area contributed by atoms with E-state index >= 15 is 0 Å². The van der Waals surface area contributed by atoms with Crippen molar-refractivity contribution in [2.75, 3.05) is 5.43 Å². The summed E-state index contributed by atoms with van der Waals surface area (Å²) in [5, 5.41) is 4.42. The summed E-state index contributed by atoms with van der Waals surface area (Å²) in [4.78, 5) is 12.7. The minimum atomic E-state index is 0.510. The zero-order chi connectivity index (χ0) is 13.1. The van der Waals surface area contributed by atoms with E-state index in [2.05, 4.69) is 41.4 Å². The maximum Gasteiger partial charge on any atom is 0.175 e. The zero-order valence-corrected chi connectivity index (χ0v) is 11.8. The highest BCUT2D eigenvalue weighted by atomic mass is 79.9. The first-order chi connectivity index (χ1) is 8.71. The van der Waals surface area contributed by atoms with Crippen LogP contribution in [-0.2, 0) is 12.8 Å². The average molecular weight is 312 g/mol. The lowest BCUT2D eigenvalue weighted by Gasteiger charge is -2.08. The highest BCUT2D eigenvalue weighted by Crippen LogP contribution is 2.25. The monoisotopic (exact) mass is 311 g/mol. The molecule has 0 aliphatic carbocycles. The van der Waals surface area contributed by atoms with E-state index in [1.807, 2.05) is 13.8 Å². The maximum absolute atomic E-state index is 5.38. The highest BCUT2D eigenvalue weighted by molar-refractivity contribution is 9.10. The number of halogens is 1. The predicted molar refractivity (Wildman–Crippen MR) is 71.2 cm³/mol. The third-order valence-electron chi connectivity index (χ3n) is 2.46. The Labute approximate surface area is 113 Å². The van der Waals surface area contributed by atoms with E-state index in [0.29, 0.717) is 16.1 Å². The van der Waals surface area contributed by atoms with Crippen molar-refractivity contribution in [2.45, 2.75) is 26.7 Å². The maximum atomic E-state index is 5.38. The highest BCUT2D eigenvalue weighted by Gasteiger charge is 2.15. The van der Waals surface area contributed by atoms with Gasteiger partial charge in [0.15, 0.2) is 17.5 Å². The van der Waals surface area contributed by atoms with Crippen molar-refractivity contribution in [1.82, 2.24) is 24.7 Å². The molecule has 0 saturated heterocycles. The molecule has 7 nitrogen and oxygen atoms in total. The van der Waals surface area contributed by atoms with E-state index in [-0.39, 0.29) is 0 Å². The molecule has 3 N–H and O–H groups in total. The Hall–Kier alpha value is -1.54. The molecule has 0 aromatic carbocycles. The molecule has 0 atom stereocenters. The first-order valence-electron chi connectivity index (χ1n) is 5.63. The van der Waals surface area contributed by atoms with Crippen LogP contribution in [0.5, 0.6) is 0 Å². The molecule has 2 heterocycles. The van der Waals surface area contributed by atoms with Crippen LogP contribution in [0.4, 0.5) is 5.82 Å². The molecule has 0 saturated carbocycles. The Morgan fingerprint density at radius 2 is 2.11 bits per heavy atom. The Morgan fingerprint density at radius 1 is 1.33 bits per heavy atom. The molecule has 0 unspecified atom stereocenters. The Bertz CT molecular complexity index is 551. The number of aryl methyl sites for hydroxylation is 2. The largest absolute Gasteiger partial charge is 0.307 e. The number of nitrogens with two attached hydrogens (primary N) is 1. The summed E-state index contributed by atoms with van der Waals surface area (Å²) in [6.45, 7) is 4.04. The van der Waals surface area contributed by atoms with Crippen molar-refractivity contribution in [2.24, 2.45) is 5.84 Å². The second-order valence-corrected chi connectivity index (χ2v) is 4.36. The first kappa shape index (κ1) is 12.9. The van der Waals surface area contributed by atoms with Gasteiger partial charge >= 0.3 is 0 Å². The van der Waals surface area contributed by atoms with Crippen LogP contribution in [0, 0.1) is 0 Å². The number of anilines is 1. The van der Waals surface area contributed by atoms with E-state index in [4.69, 9.17) is 5.84 Å². The third-order valence-corrected chi connectivity index (χ3v) is 3.19. The van der Waals surface area contributed by atoms with Gasteiger partial charge in [-0.1, -0.05) is 13.8 Å².